The number of fused-ring (bicyclic) bond motifs is 1. The van der Waals surface area contributed by atoms with E-state index >= 15 is 0 Å². The molecule has 78 valence electrons. The average molecular weight is 221 g/mol. The molecule has 0 fully saturated rings. The Morgan fingerprint density at radius 3 is 2.73 bits per heavy atom. The minimum absolute atomic E-state index is 0.386. The van der Waals surface area contributed by atoms with Gasteiger partial charge < -0.3 is 5.73 Å². The summed E-state index contributed by atoms with van der Waals surface area (Å²) in [4.78, 5) is 4.28. The lowest BCUT2D eigenvalue weighted by molar-refractivity contribution is 0.877. The molecule has 1 aromatic carbocycles. The number of aromatic nitrogens is 1. The van der Waals surface area contributed by atoms with E-state index in [1.807, 2.05) is 18.2 Å². The molecule has 0 atom stereocenters. The molecule has 3 heteroatoms. The van der Waals surface area contributed by atoms with E-state index < -0.39 is 0 Å². The van der Waals surface area contributed by atoms with Crippen LogP contribution in [0.2, 0.25) is 5.02 Å². The number of pyridine rings is 1. The maximum Gasteiger partial charge on any atom is 0.0721 e. The van der Waals surface area contributed by atoms with Crippen molar-refractivity contribution < 1.29 is 0 Å². The Balaban J connectivity index is 2.82. The van der Waals surface area contributed by atoms with Crippen LogP contribution in [0.1, 0.15) is 25.3 Å². The standard InChI is InChI=1S/C12H13ClN2/c1-7(2)12-9-4-3-8(13)5-11(9)15-6-10(12)14/h3-7H,14H2,1-2H3. The zero-order valence-corrected chi connectivity index (χ0v) is 9.55. The van der Waals surface area contributed by atoms with Crippen molar-refractivity contribution in [2.24, 2.45) is 0 Å². The predicted octanol–water partition coefficient (Wildman–Crippen LogP) is 3.59. The number of rotatable bonds is 1. The zero-order valence-electron chi connectivity index (χ0n) is 8.79. The van der Waals surface area contributed by atoms with Gasteiger partial charge in [0.2, 0.25) is 0 Å². The van der Waals surface area contributed by atoms with E-state index in [-0.39, 0.29) is 0 Å². The van der Waals surface area contributed by atoms with Crippen LogP contribution in [0.15, 0.2) is 24.4 Å². The van der Waals surface area contributed by atoms with Crippen LogP contribution in [0.25, 0.3) is 10.9 Å². The van der Waals surface area contributed by atoms with Crippen molar-refractivity contribution in [3.05, 3.63) is 35.0 Å². The van der Waals surface area contributed by atoms with Crippen molar-refractivity contribution in [3.63, 3.8) is 0 Å². The SMILES string of the molecule is CC(C)c1c(N)cnc2cc(Cl)ccc12. The molecular weight excluding hydrogens is 208 g/mol. The normalized spacial score (nSPS) is 11.2. The van der Waals surface area contributed by atoms with E-state index in [0.29, 0.717) is 10.9 Å². The molecule has 0 radical (unpaired) electrons. The minimum Gasteiger partial charge on any atom is -0.397 e. The molecule has 2 N–H and O–H groups in total. The van der Waals surface area contributed by atoms with Gasteiger partial charge in [0.25, 0.3) is 0 Å². The van der Waals surface area contributed by atoms with Crippen molar-refractivity contribution >= 4 is 28.2 Å². The Hall–Kier alpha value is -1.28. The third-order valence-electron chi connectivity index (χ3n) is 2.48. The molecule has 0 unspecified atom stereocenters. The smallest absolute Gasteiger partial charge is 0.0721 e. The van der Waals surface area contributed by atoms with Crippen LogP contribution in [-0.2, 0) is 0 Å². The third kappa shape index (κ3) is 1.77. The van der Waals surface area contributed by atoms with Crippen LogP contribution >= 0.6 is 11.6 Å². The predicted molar refractivity (Wildman–Crippen MR) is 65.3 cm³/mol. The molecule has 2 rings (SSSR count). The first kappa shape index (κ1) is 10.2. The highest BCUT2D eigenvalue weighted by molar-refractivity contribution is 6.31. The van der Waals surface area contributed by atoms with Crippen LogP contribution in [0.5, 0.6) is 0 Å². The van der Waals surface area contributed by atoms with Gasteiger partial charge in [0.15, 0.2) is 0 Å². The van der Waals surface area contributed by atoms with Gasteiger partial charge in [-0.3, -0.25) is 4.98 Å². The molecule has 0 amide bonds. The first-order chi connectivity index (χ1) is 7.09. The van der Waals surface area contributed by atoms with Gasteiger partial charge in [-0.1, -0.05) is 31.5 Å². The molecule has 0 spiro atoms. The molecule has 0 aliphatic carbocycles. The average Bonchev–Trinajstić information content (AvgIpc) is 2.17. The van der Waals surface area contributed by atoms with Crippen molar-refractivity contribution in [3.8, 4) is 0 Å². The second-order valence-electron chi connectivity index (χ2n) is 3.94. The fourth-order valence-electron chi connectivity index (χ4n) is 1.85. The molecule has 0 saturated heterocycles. The summed E-state index contributed by atoms with van der Waals surface area (Å²) < 4.78 is 0. The van der Waals surface area contributed by atoms with E-state index in [0.717, 1.165) is 22.2 Å². The van der Waals surface area contributed by atoms with Gasteiger partial charge in [-0.15, -0.1) is 0 Å². The Bertz CT molecular complexity index is 506. The second kappa shape index (κ2) is 3.70. The number of halogens is 1. The Labute approximate surface area is 94.1 Å². The molecule has 0 aliphatic heterocycles. The highest BCUT2D eigenvalue weighted by Crippen LogP contribution is 2.30. The summed E-state index contributed by atoms with van der Waals surface area (Å²) in [5.74, 6) is 0.386. The van der Waals surface area contributed by atoms with Crippen molar-refractivity contribution in [1.82, 2.24) is 4.98 Å². The lowest BCUT2D eigenvalue weighted by atomic mass is 9.97. The summed E-state index contributed by atoms with van der Waals surface area (Å²) in [5.41, 5.74) is 8.73. The van der Waals surface area contributed by atoms with Gasteiger partial charge in [0.05, 0.1) is 17.4 Å². The molecule has 1 aromatic heterocycles. The van der Waals surface area contributed by atoms with Crippen LogP contribution in [-0.4, -0.2) is 4.98 Å². The van der Waals surface area contributed by atoms with Crippen molar-refractivity contribution in [2.45, 2.75) is 19.8 Å². The molecule has 0 saturated carbocycles. The summed E-state index contributed by atoms with van der Waals surface area (Å²) in [5, 5.41) is 1.80. The van der Waals surface area contributed by atoms with Crippen molar-refractivity contribution in [1.29, 1.82) is 0 Å². The summed E-state index contributed by atoms with van der Waals surface area (Å²) in [6.45, 7) is 4.25. The van der Waals surface area contributed by atoms with E-state index in [1.54, 1.807) is 6.20 Å². The number of nitrogen functional groups attached to an aromatic ring is 1. The Morgan fingerprint density at radius 1 is 1.33 bits per heavy atom. The second-order valence-corrected chi connectivity index (χ2v) is 4.38. The maximum absolute atomic E-state index is 5.93. The fourth-order valence-corrected chi connectivity index (χ4v) is 2.01. The largest absolute Gasteiger partial charge is 0.397 e. The van der Waals surface area contributed by atoms with Crippen LogP contribution < -0.4 is 5.73 Å². The van der Waals surface area contributed by atoms with Gasteiger partial charge in [0.1, 0.15) is 0 Å². The quantitative estimate of drug-likeness (QED) is 0.798. The van der Waals surface area contributed by atoms with Crippen LogP contribution in [0.3, 0.4) is 0 Å². The van der Waals surface area contributed by atoms with Crippen LogP contribution in [0, 0.1) is 0 Å². The number of nitrogens with zero attached hydrogens (tertiary/aromatic N) is 1. The van der Waals surface area contributed by atoms with Gasteiger partial charge in [0, 0.05) is 10.4 Å². The van der Waals surface area contributed by atoms with Gasteiger partial charge >= 0.3 is 0 Å². The van der Waals surface area contributed by atoms with E-state index in [1.165, 1.54) is 0 Å². The highest BCUT2D eigenvalue weighted by Gasteiger charge is 2.10. The summed E-state index contributed by atoms with van der Waals surface area (Å²) in [6, 6.07) is 5.72. The fraction of sp³-hybridized carbons (Fsp3) is 0.250. The van der Waals surface area contributed by atoms with Gasteiger partial charge in [-0.05, 0) is 23.6 Å². The molecule has 2 aromatic rings. The van der Waals surface area contributed by atoms with Gasteiger partial charge in [-0.25, -0.2) is 0 Å². The summed E-state index contributed by atoms with van der Waals surface area (Å²) >= 11 is 5.92. The Morgan fingerprint density at radius 2 is 2.07 bits per heavy atom. The number of anilines is 1. The maximum atomic E-state index is 5.93. The van der Waals surface area contributed by atoms with E-state index in [4.69, 9.17) is 17.3 Å². The first-order valence-electron chi connectivity index (χ1n) is 4.93. The molecule has 1 heterocycles. The topological polar surface area (TPSA) is 38.9 Å². The zero-order chi connectivity index (χ0) is 11.0. The number of nitrogens with two attached hydrogens (primary N) is 1. The molecule has 0 aliphatic rings. The summed E-state index contributed by atoms with van der Waals surface area (Å²) in [6.07, 6.45) is 1.70. The number of hydrogen-bond acceptors (Lipinski definition) is 2. The number of benzene rings is 1. The van der Waals surface area contributed by atoms with Gasteiger partial charge in [-0.2, -0.15) is 0 Å². The monoisotopic (exact) mass is 220 g/mol. The molecule has 15 heavy (non-hydrogen) atoms. The molecular formula is C12H13ClN2. The lowest BCUT2D eigenvalue weighted by Crippen LogP contribution is -1.99. The molecule has 0 bridgehead atoms. The third-order valence-corrected chi connectivity index (χ3v) is 2.72. The highest BCUT2D eigenvalue weighted by atomic mass is 35.5. The summed E-state index contributed by atoms with van der Waals surface area (Å²) in [7, 11) is 0. The molecule has 2 nitrogen and oxygen atoms in total. The van der Waals surface area contributed by atoms with E-state index in [9.17, 15) is 0 Å². The van der Waals surface area contributed by atoms with Crippen molar-refractivity contribution in [2.75, 3.05) is 5.73 Å². The number of hydrogen-bond donors (Lipinski definition) is 1. The van der Waals surface area contributed by atoms with E-state index in [2.05, 4.69) is 18.8 Å². The minimum atomic E-state index is 0.386. The Kier molecular flexibility index (Phi) is 2.53. The lowest BCUT2D eigenvalue weighted by Gasteiger charge is -2.12. The van der Waals surface area contributed by atoms with Crippen LogP contribution in [0.4, 0.5) is 5.69 Å². The first-order valence-corrected chi connectivity index (χ1v) is 5.31.